The highest BCUT2D eigenvalue weighted by Gasteiger charge is 2.25. The molecule has 1 rings (SSSR count). The van der Waals surface area contributed by atoms with E-state index in [-0.39, 0.29) is 15.7 Å². The molecule has 21 heavy (non-hydrogen) atoms. The van der Waals surface area contributed by atoms with Gasteiger partial charge in [0.15, 0.2) is 0 Å². The molecule has 0 aliphatic rings. The highest BCUT2D eigenvalue weighted by atomic mass is 32.2. The predicted octanol–water partition coefficient (Wildman–Crippen LogP) is 2.91. The van der Waals surface area contributed by atoms with Crippen molar-refractivity contribution in [3.05, 3.63) is 29.8 Å². The number of thioether (sulfide) groups is 1. The Morgan fingerprint density at radius 3 is 2.14 bits per heavy atom. The van der Waals surface area contributed by atoms with Gasteiger partial charge in [-0.2, -0.15) is 11.8 Å². The summed E-state index contributed by atoms with van der Waals surface area (Å²) in [6.45, 7) is 7.45. The zero-order valence-electron chi connectivity index (χ0n) is 13.2. The van der Waals surface area contributed by atoms with Crippen LogP contribution < -0.4 is 10.5 Å². The Hall–Kier alpha value is -0.560. The summed E-state index contributed by atoms with van der Waals surface area (Å²) in [6, 6.07) is 6.92. The first-order valence-corrected chi connectivity index (χ1v) is 9.96. The molecule has 1 aromatic rings. The van der Waals surface area contributed by atoms with E-state index in [1.54, 1.807) is 12.1 Å². The van der Waals surface area contributed by atoms with E-state index in [2.05, 4.69) is 32.3 Å². The van der Waals surface area contributed by atoms with Crippen LogP contribution in [0.25, 0.3) is 0 Å². The molecule has 0 saturated carbocycles. The molecule has 0 heterocycles. The number of sulfonamides is 1. The normalized spacial score (nSPS) is 14.1. The van der Waals surface area contributed by atoms with Gasteiger partial charge in [-0.3, -0.25) is 0 Å². The third kappa shape index (κ3) is 4.98. The number of primary sulfonamides is 1. The zero-order chi connectivity index (χ0) is 16.1. The van der Waals surface area contributed by atoms with Gasteiger partial charge < -0.3 is 5.32 Å². The third-order valence-electron chi connectivity index (χ3n) is 4.16. The van der Waals surface area contributed by atoms with E-state index in [0.717, 1.165) is 24.9 Å². The Labute approximate surface area is 132 Å². The minimum Gasteiger partial charge on any atom is -0.309 e. The van der Waals surface area contributed by atoms with Gasteiger partial charge in [0.1, 0.15) is 0 Å². The zero-order valence-corrected chi connectivity index (χ0v) is 14.9. The lowest BCUT2D eigenvalue weighted by atomic mass is 10.0. The van der Waals surface area contributed by atoms with Gasteiger partial charge in [0.2, 0.25) is 10.0 Å². The van der Waals surface area contributed by atoms with Gasteiger partial charge in [0.05, 0.1) is 4.90 Å². The lowest BCUT2D eigenvalue weighted by Crippen LogP contribution is -2.37. The maximum atomic E-state index is 11.2. The van der Waals surface area contributed by atoms with Crippen molar-refractivity contribution < 1.29 is 8.42 Å². The molecule has 4 nitrogen and oxygen atoms in total. The van der Waals surface area contributed by atoms with Crippen LogP contribution in [-0.2, 0) is 10.0 Å². The molecule has 6 heteroatoms. The van der Waals surface area contributed by atoms with Gasteiger partial charge in [0, 0.05) is 17.3 Å². The molecule has 0 aromatic heterocycles. The molecule has 1 atom stereocenters. The average Bonchev–Trinajstić information content (AvgIpc) is 2.48. The van der Waals surface area contributed by atoms with Crippen LogP contribution in [0.15, 0.2) is 29.2 Å². The Morgan fingerprint density at radius 2 is 1.76 bits per heavy atom. The van der Waals surface area contributed by atoms with E-state index < -0.39 is 10.0 Å². The largest absolute Gasteiger partial charge is 0.309 e. The quantitative estimate of drug-likeness (QED) is 0.769. The summed E-state index contributed by atoms with van der Waals surface area (Å²) in [7, 11) is -3.62. The molecule has 0 aliphatic heterocycles. The molecular weight excluding hydrogens is 304 g/mol. The van der Waals surface area contributed by atoms with Crippen molar-refractivity contribution in [1.29, 1.82) is 0 Å². The van der Waals surface area contributed by atoms with Crippen molar-refractivity contribution in [3.8, 4) is 0 Å². The van der Waals surface area contributed by atoms with E-state index in [4.69, 9.17) is 5.14 Å². The monoisotopic (exact) mass is 330 g/mol. The van der Waals surface area contributed by atoms with E-state index in [9.17, 15) is 8.42 Å². The molecule has 0 amide bonds. The minimum atomic E-state index is -3.62. The van der Waals surface area contributed by atoms with Gasteiger partial charge >= 0.3 is 0 Å². The first-order chi connectivity index (χ1) is 9.78. The van der Waals surface area contributed by atoms with Gasteiger partial charge in [-0.15, -0.1) is 0 Å². The van der Waals surface area contributed by atoms with Crippen molar-refractivity contribution in [3.63, 3.8) is 0 Å². The second-order valence-electron chi connectivity index (χ2n) is 5.31. The summed E-state index contributed by atoms with van der Waals surface area (Å²) in [5.41, 5.74) is 1.06. The fourth-order valence-corrected chi connectivity index (χ4v) is 3.58. The minimum absolute atomic E-state index is 0.152. The van der Waals surface area contributed by atoms with E-state index in [0.29, 0.717) is 0 Å². The molecule has 120 valence electrons. The highest BCUT2D eigenvalue weighted by Crippen LogP contribution is 2.30. The van der Waals surface area contributed by atoms with Crippen LogP contribution in [0, 0.1) is 0 Å². The Balaban J connectivity index is 2.74. The predicted molar refractivity (Wildman–Crippen MR) is 91.1 cm³/mol. The van der Waals surface area contributed by atoms with E-state index in [1.807, 2.05) is 23.9 Å². The molecule has 0 radical (unpaired) electrons. The third-order valence-corrected chi connectivity index (χ3v) is 6.68. The Morgan fingerprint density at radius 1 is 1.24 bits per heavy atom. The van der Waals surface area contributed by atoms with Gasteiger partial charge in [0.25, 0.3) is 0 Å². The Bertz CT molecular complexity index is 529. The van der Waals surface area contributed by atoms with Crippen molar-refractivity contribution in [2.75, 3.05) is 12.8 Å². The summed E-state index contributed by atoms with van der Waals surface area (Å²) in [5, 5.41) is 8.66. The number of hydrogen-bond donors (Lipinski definition) is 2. The summed E-state index contributed by atoms with van der Waals surface area (Å²) < 4.78 is 22.8. The van der Waals surface area contributed by atoms with Gasteiger partial charge in [-0.1, -0.05) is 26.0 Å². The first kappa shape index (κ1) is 18.5. The molecule has 1 aromatic carbocycles. The van der Waals surface area contributed by atoms with Gasteiger partial charge in [-0.05, 0) is 43.7 Å². The number of hydrogen-bond acceptors (Lipinski definition) is 4. The molecule has 0 spiro atoms. The Kier molecular flexibility index (Phi) is 6.71. The molecule has 1 unspecified atom stereocenters. The van der Waals surface area contributed by atoms with Crippen molar-refractivity contribution in [1.82, 2.24) is 5.32 Å². The summed E-state index contributed by atoms with van der Waals surface area (Å²) >= 11 is 1.90. The maximum Gasteiger partial charge on any atom is 0.238 e. The fourth-order valence-electron chi connectivity index (χ4n) is 2.26. The number of nitrogens with two attached hydrogens (primary N) is 1. The second-order valence-corrected chi connectivity index (χ2v) is 8.15. The topological polar surface area (TPSA) is 72.2 Å². The van der Waals surface area contributed by atoms with Gasteiger partial charge in [-0.25, -0.2) is 13.6 Å². The number of benzene rings is 1. The van der Waals surface area contributed by atoms with Crippen LogP contribution in [0.5, 0.6) is 0 Å². The first-order valence-electron chi connectivity index (χ1n) is 7.19. The van der Waals surface area contributed by atoms with Crippen molar-refractivity contribution in [2.24, 2.45) is 5.14 Å². The van der Waals surface area contributed by atoms with E-state index >= 15 is 0 Å². The fraction of sp³-hybridized carbons (Fsp3) is 0.600. The maximum absolute atomic E-state index is 11.2. The van der Waals surface area contributed by atoms with Crippen LogP contribution in [0.4, 0.5) is 0 Å². The average molecular weight is 331 g/mol. The van der Waals surface area contributed by atoms with Crippen LogP contribution in [0.1, 0.15) is 45.2 Å². The van der Waals surface area contributed by atoms with Crippen LogP contribution in [-0.4, -0.2) is 26.0 Å². The van der Waals surface area contributed by atoms with Crippen molar-refractivity contribution in [2.45, 2.75) is 49.3 Å². The van der Waals surface area contributed by atoms with E-state index in [1.165, 1.54) is 0 Å². The number of nitrogens with one attached hydrogen (secondary N) is 1. The number of rotatable bonds is 8. The molecule has 0 saturated heterocycles. The highest BCUT2D eigenvalue weighted by molar-refractivity contribution is 8.00. The molecule has 0 bridgehead atoms. The van der Waals surface area contributed by atoms with Crippen LogP contribution >= 0.6 is 11.8 Å². The summed E-state index contributed by atoms with van der Waals surface area (Å²) in [6.07, 6.45) is 4.39. The van der Waals surface area contributed by atoms with Crippen LogP contribution in [0.2, 0.25) is 0 Å². The second kappa shape index (κ2) is 7.63. The summed E-state index contributed by atoms with van der Waals surface area (Å²) in [5.74, 6) is 0. The molecular formula is C15H26N2O2S2. The SMILES string of the molecule is CCC(CC)(CNC(C)c1ccc(S(N)(=O)=O)cc1)SC. The van der Waals surface area contributed by atoms with Crippen LogP contribution in [0.3, 0.4) is 0 Å². The lowest BCUT2D eigenvalue weighted by Gasteiger charge is -2.31. The molecule has 0 aliphatic carbocycles. The van der Waals surface area contributed by atoms with Crippen molar-refractivity contribution >= 4 is 21.8 Å². The standard InChI is InChI=1S/C15H26N2O2S2/c1-5-15(6-2,20-4)11-17-12(3)13-7-9-14(10-8-13)21(16,18)19/h7-10,12,17H,5-6,11H2,1-4H3,(H2,16,18,19). The molecule has 3 N–H and O–H groups in total. The summed E-state index contributed by atoms with van der Waals surface area (Å²) in [4.78, 5) is 0.152. The smallest absolute Gasteiger partial charge is 0.238 e. The molecule has 0 fully saturated rings. The lowest BCUT2D eigenvalue weighted by molar-refractivity contribution is 0.459.